The van der Waals surface area contributed by atoms with Gasteiger partial charge in [-0.1, -0.05) is 57.5 Å². The molecule has 1 unspecified atom stereocenters. The Kier molecular flexibility index (Phi) is 9.00. The van der Waals surface area contributed by atoms with E-state index >= 15 is 0 Å². The van der Waals surface area contributed by atoms with Gasteiger partial charge in [-0.15, -0.1) is 5.10 Å². The van der Waals surface area contributed by atoms with E-state index in [1.165, 1.54) is 10.2 Å². The first-order chi connectivity index (χ1) is 15.9. The maximum atomic E-state index is 13.3. The summed E-state index contributed by atoms with van der Waals surface area (Å²) in [6.07, 6.45) is 5.61. The predicted octanol–water partition coefficient (Wildman–Crippen LogP) is 3.36. The lowest BCUT2D eigenvalue weighted by atomic mass is 10.0. The summed E-state index contributed by atoms with van der Waals surface area (Å²) in [5.74, 6) is -1.06. The van der Waals surface area contributed by atoms with Gasteiger partial charge in [-0.25, -0.2) is 4.79 Å². The molecule has 0 spiro atoms. The van der Waals surface area contributed by atoms with Crippen LogP contribution in [0.5, 0.6) is 0 Å². The molecule has 1 aromatic carbocycles. The lowest BCUT2D eigenvalue weighted by molar-refractivity contribution is -0.125. The van der Waals surface area contributed by atoms with Crippen LogP contribution < -0.4 is 5.76 Å². The van der Waals surface area contributed by atoms with Gasteiger partial charge in [-0.2, -0.15) is 4.68 Å². The Hall–Kier alpha value is -2.74. The summed E-state index contributed by atoms with van der Waals surface area (Å²) in [5, 5.41) is 4.13. The van der Waals surface area contributed by atoms with E-state index in [2.05, 4.69) is 22.1 Å². The van der Waals surface area contributed by atoms with Gasteiger partial charge >= 0.3 is 5.76 Å². The Morgan fingerprint density at radius 3 is 2.73 bits per heavy atom. The van der Waals surface area contributed by atoms with E-state index in [0.29, 0.717) is 13.0 Å². The van der Waals surface area contributed by atoms with Crippen LogP contribution in [0.2, 0.25) is 0 Å². The summed E-state index contributed by atoms with van der Waals surface area (Å²) < 4.78 is 6.39. The molecule has 1 aliphatic heterocycles. The molecule has 1 aromatic heterocycles. The van der Waals surface area contributed by atoms with Crippen LogP contribution >= 0.6 is 0 Å². The smallest absolute Gasteiger partial charge is 0.384 e. The van der Waals surface area contributed by atoms with Crippen LogP contribution in [0.25, 0.3) is 0 Å². The van der Waals surface area contributed by atoms with Gasteiger partial charge < -0.3 is 9.32 Å². The number of carbonyl (C=O) groups is 2. The van der Waals surface area contributed by atoms with E-state index < -0.39 is 17.6 Å². The molecule has 1 saturated heterocycles. The third kappa shape index (κ3) is 6.41. The fourth-order valence-electron chi connectivity index (χ4n) is 4.59. The molecule has 1 fully saturated rings. The van der Waals surface area contributed by atoms with Gasteiger partial charge in [0.25, 0.3) is 5.89 Å². The van der Waals surface area contributed by atoms with Crippen molar-refractivity contribution in [2.24, 2.45) is 5.92 Å². The number of ketones is 1. The number of aromatic nitrogens is 2. The first kappa shape index (κ1) is 24.9. The van der Waals surface area contributed by atoms with Gasteiger partial charge in [0.05, 0.1) is 12.7 Å². The van der Waals surface area contributed by atoms with E-state index in [9.17, 15) is 14.4 Å². The largest absolute Gasteiger partial charge is 0.437 e. The van der Waals surface area contributed by atoms with E-state index in [4.69, 9.17) is 4.42 Å². The molecule has 1 aliphatic rings. The summed E-state index contributed by atoms with van der Waals surface area (Å²) in [5.41, 5.74) is 1.30. The van der Waals surface area contributed by atoms with E-state index in [-0.39, 0.29) is 18.0 Å². The Morgan fingerprint density at radius 2 is 2.06 bits per heavy atom. The molecule has 0 N–H and O–H groups in total. The third-order valence-corrected chi connectivity index (χ3v) is 6.13. The molecule has 2 heterocycles. The second-order valence-corrected chi connectivity index (χ2v) is 9.22. The highest BCUT2D eigenvalue weighted by molar-refractivity contribution is 5.97. The molecule has 2 aromatic rings. The second kappa shape index (κ2) is 11.9. The van der Waals surface area contributed by atoms with Crippen LogP contribution in [0.15, 0.2) is 39.5 Å². The number of carbonyl (C=O) groups excluding carboxylic acids is 2. The molecule has 0 saturated carbocycles. The van der Waals surface area contributed by atoms with Gasteiger partial charge in [0, 0.05) is 13.1 Å². The van der Waals surface area contributed by atoms with Gasteiger partial charge in [-0.3, -0.25) is 14.5 Å². The maximum absolute atomic E-state index is 13.3. The normalized spacial score (nSPS) is 17.4. The van der Waals surface area contributed by atoms with Crippen molar-refractivity contribution in [1.82, 2.24) is 19.6 Å². The van der Waals surface area contributed by atoms with Crippen molar-refractivity contribution in [2.45, 2.75) is 78.0 Å². The van der Waals surface area contributed by atoms with E-state index in [0.717, 1.165) is 51.6 Å². The van der Waals surface area contributed by atoms with E-state index in [1.54, 1.807) is 4.90 Å². The highest BCUT2D eigenvalue weighted by Crippen LogP contribution is 2.25. The SMILES string of the molecule is CCCC(C(=O)c1nn(CC(C)C)c(=O)o1)N(C=O)[C@H]1CCCN1CCCc1ccccc1. The first-order valence-electron chi connectivity index (χ1n) is 12.1. The average molecular weight is 457 g/mol. The Labute approximate surface area is 195 Å². The number of amides is 1. The summed E-state index contributed by atoms with van der Waals surface area (Å²) >= 11 is 0. The molecule has 3 rings (SSSR count). The number of likely N-dealkylation sites (tertiary alicyclic amines) is 1. The third-order valence-electron chi connectivity index (χ3n) is 6.13. The lowest BCUT2D eigenvalue weighted by Crippen LogP contribution is -2.52. The molecular weight excluding hydrogens is 420 g/mol. The maximum Gasteiger partial charge on any atom is 0.437 e. The fraction of sp³-hybridized carbons (Fsp3) is 0.600. The molecule has 0 radical (unpaired) electrons. The highest BCUT2D eigenvalue weighted by Gasteiger charge is 2.37. The summed E-state index contributed by atoms with van der Waals surface area (Å²) in [6.45, 7) is 8.03. The van der Waals surface area contributed by atoms with Crippen LogP contribution in [0.1, 0.15) is 69.1 Å². The van der Waals surface area contributed by atoms with Crippen molar-refractivity contribution < 1.29 is 14.0 Å². The van der Waals surface area contributed by atoms with Gasteiger partial charge in [0.15, 0.2) is 0 Å². The van der Waals surface area contributed by atoms with Gasteiger partial charge in [0.1, 0.15) is 6.04 Å². The minimum absolute atomic E-state index is 0.136. The second-order valence-electron chi connectivity index (χ2n) is 9.22. The zero-order valence-electron chi connectivity index (χ0n) is 20.0. The summed E-state index contributed by atoms with van der Waals surface area (Å²) in [4.78, 5) is 41.6. The Bertz CT molecular complexity index is 953. The monoisotopic (exact) mass is 456 g/mol. The predicted molar refractivity (Wildman–Crippen MR) is 126 cm³/mol. The zero-order valence-corrected chi connectivity index (χ0v) is 20.0. The molecule has 8 nitrogen and oxygen atoms in total. The number of aryl methyl sites for hydroxylation is 1. The molecule has 8 heteroatoms. The zero-order chi connectivity index (χ0) is 23.8. The number of hydrogen-bond donors (Lipinski definition) is 0. The summed E-state index contributed by atoms with van der Waals surface area (Å²) in [7, 11) is 0. The van der Waals surface area contributed by atoms with Crippen LogP contribution in [0, 0.1) is 5.92 Å². The van der Waals surface area contributed by atoms with Gasteiger partial charge in [-0.05, 0) is 43.6 Å². The molecule has 2 atom stereocenters. The van der Waals surface area contributed by atoms with Crippen molar-refractivity contribution in [3.05, 3.63) is 52.3 Å². The Balaban J connectivity index is 1.72. The van der Waals surface area contributed by atoms with Crippen LogP contribution in [-0.4, -0.2) is 57.1 Å². The van der Waals surface area contributed by atoms with Crippen molar-refractivity contribution in [3.8, 4) is 0 Å². The summed E-state index contributed by atoms with van der Waals surface area (Å²) in [6, 6.07) is 9.66. The van der Waals surface area contributed by atoms with Crippen molar-refractivity contribution in [2.75, 3.05) is 13.1 Å². The van der Waals surface area contributed by atoms with Crippen molar-refractivity contribution in [3.63, 3.8) is 0 Å². The van der Waals surface area contributed by atoms with Crippen molar-refractivity contribution in [1.29, 1.82) is 0 Å². The molecule has 33 heavy (non-hydrogen) atoms. The topological polar surface area (TPSA) is 88.6 Å². The highest BCUT2D eigenvalue weighted by atomic mass is 16.4. The van der Waals surface area contributed by atoms with Crippen LogP contribution in [0.4, 0.5) is 0 Å². The van der Waals surface area contributed by atoms with Crippen molar-refractivity contribution >= 4 is 12.2 Å². The fourth-order valence-corrected chi connectivity index (χ4v) is 4.59. The number of rotatable bonds is 13. The first-order valence-corrected chi connectivity index (χ1v) is 12.1. The molecule has 1 amide bonds. The Morgan fingerprint density at radius 1 is 1.30 bits per heavy atom. The minimum Gasteiger partial charge on any atom is -0.384 e. The number of hydrogen-bond acceptors (Lipinski definition) is 6. The molecule has 0 bridgehead atoms. The standard InChI is InChI=1S/C25H36N4O4/c1-4-10-21(23(31)24-26-29(17-19(2)3)25(32)33-24)28(18-30)22-14-9-16-27(22)15-8-13-20-11-6-5-7-12-20/h5-7,11-12,18-19,21-22H,4,8-10,13-17H2,1-3H3/t21?,22-/m0/s1. The number of Topliss-reactive ketones (excluding diaryl/α,β-unsaturated/α-hetero) is 1. The number of nitrogens with zero attached hydrogens (tertiary/aromatic N) is 4. The van der Waals surface area contributed by atoms with Crippen LogP contribution in [-0.2, 0) is 17.8 Å². The minimum atomic E-state index is -0.697. The molecule has 0 aliphatic carbocycles. The molecular formula is C25H36N4O4. The number of benzene rings is 1. The van der Waals surface area contributed by atoms with Crippen LogP contribution in [0.3, 0.4) is 0 Å². The van der Waals surface area contributed by atoms with E-state index in [1.807, 2.05) is 39.0 Å². The quantitative estimate of drug-likeness (QED) is 0.339. The lowest BCUT2D eigenvalue weighted by Gasteiger charge is -2.37. The molecule has 180 valence electrons. The average Bonchev–Trinajstić information content (AvgIpc) is 3.40. The van der Waals surface area contributed by atoms with Gasteiger partial charge in [0.2, 0.25) is 12.2 Å².